The molecule has 2 aromatic heterocycles. The fraction of sp³-hybridized carbons (Fsp3) is 0.500. The molecule has 4 nitrogen and oxygen atoms in total. The Morgan fingerprint density at radius 2 is 2.10 bits per heavy atom. The second-order valence-electron chi connectivity index (χ2n) is 5.48. The van der Waals surface area contributed by atoms with Crippen molar-refractivity contribution < 1.29 is 0 Å². The molecule has 114 valence electrons. The van der Waals surface area contributed by atoms with Gasteiger partial charge < -0.3 is 5.32 Å². The molecule has 0 saturated heterocycles. The van der Waals surface area contributed by atoms with Gasteiger partial charge in [0.1, 0.15) is 5.15 Å². The molecule has 1 unspecified atom stereocenters. The average molecular weight is 307 g/mol. The van der Waals surface area contributed by atoms with Crippen molar-refractivity contribution >= 4 is 11.6 Å². The van der Waals surface area contributed by atoms with E-state index in [1.54, 1.807) is 4.68 Å². The number of rotatable bonds is 6. The number of halogens is 1. The Morgan fingerprint density at radius 1 is 1.33 bits per heavy atom. The van der Waals surface area contributed by atoms with E-state index >= 15 is 0 Å². The first-order valence-corrected chi connectivity index (χ1v) is 7.73. The highest BCUT2D eigenvalue weighted by molar-refractivity contribution is 6.30. The molecule has 0 spiro atoms. The number of hydrogen-bond donors (Lipinski definition) is 1. The Balaban J connectivity index is 2.28. The van der Waals surface area contributed by atoms with Crippen LogP contribution in [0.5, 0.6) is 0 Å². The van der Waals surface area contributed by atoms with E-state index < -0.39 is 0 Å². The van der Waals surface area contributed by atoms with Crippen LogP contribution in [0.4, 0.5) is 0 Å². The molecule has 0 aromatic carbocycles. The summed E-state index contributed by atoms with van der Waals surface area (Å²) < 4.78 is 1.73. The van der Waals surface area contributed by atoms with Gasteiger partial charge in [-0.2, -0.15) is 5.10 Å². The van der Waals surface area contributed by atoms with Crippen molar-refractivity contribution in [2.45, 2.75) is 39.7 Å². The lowest BCUT2D eigenvalue weighted by atomic mass is 9.99. The first-order chi connectivity index (χ1) is 10.0. The zero-order valence-electron chi connectivity index (χ0n) is 13.2. The summed E-state index contributed by atoms with van der Waals surface area (Å²) in [4.78, 5) is 4.31. The summed E-state index contributed by atoms with van der Waals surface area (Å²) in [6, 6.07) is 2.39. The Morgan fingerprint density at radius 3 is 2.67 bits per heavy atom. The minimum absolute atomic E-state index is 0.206. The van der Waals surface area contributed by atoms with Crippen molar-refractivity contribution in [1.82, 2.24) is 20.1 Å². The van der Waals surface area contributed by atoms with Crippen molar-refractivity contribution in [3.05, 3.63) is 46.0 Å². The molecule has 0 amide bonds. The number of pyridine rings is 1. The molecule has 1 N–H and O–H groups in total. The molecule has 2 heterocycles. The van der Waals surface area contributed by atoms with E-state index in [1.165, 1.54) is 11.1 Å². The summed E-state index contributed by atoms with van der Waals surface area (Å²) in [5, 5.41) is 8.70. The van der Waals surface area contributed by atoms with Crippen LogP contribution >= 0.6 is 11.6 Å². The third kappa shape index (κ3) is 3.83. The van der Waals surface area contributed by atoms with Gasteiger partial charge in [-0.1, -0.05) is 24.6 Å². The maximum absolute atomic E-state index is 6.37. The van der Waals surface area contributed by atoms with Gasteiger partial charge in [-0.15, -0.1) is 0 Å². The van der Waals surface area contributed by atoms with Crippen LogP contribution in [-0.4, -0.2) is 21.3 Å². The van der Waals surface area contributed by atoms with Gasteiger partial charge >= 0.3 is 0 Å². The molecule has 0 aliphatic carbocycles. The molecular formula is C16H23ClN4. The summed E-state index contributed by atoms with van der Waals surface area (Å²) in [5.41, 5.74) is 4.47. The van der Waals surface area contributed by atoms with E-state index in [9.17, 15) is 0 Å². The van der Waals surface area contributed by atoms with E-state index in [1.807, 2.05) is 26.4 Å². The predicted molar refractivity (Wildman–Crippen MR) is 86.7 cm³/mol. The fourth-order valence-corrected chi connectivity index (χ4v) is 2.76. The van der Waals surface area contributed by atoms with Gasteiger partial charge in [-0.3, -0.25) is 9.67 Å². The van der Waals surface area contributed by atoms with Crippen LogP contribution in [0, 0.1) is 13.8 Å². The maximum Gasteiger partial charge on any atom is 0.130 e. The lowest BCUT2D eigenvalue weighted by Crippen LogP contribution is -2.24. The lowest BCUT2D eigenvalue weighted by molar-refractivity contribution is 0.526. The third-order valence-electron chi connectivity index (χ3n) is 3.62. The molecule has 0 saturated carbocycles. The normalized spacial score (nSPS) is 12.6. The molecule has 2 rings (SSSR count). The van der Waals surface area contributed by atoms with Gasteiger partial charge in [-0.25, -0.2) is 0 Å². The SMILES string of the molecule is CCCNC(Cc1c(C)nn(C)c1Cl)c1cncc(C)c1. The molecule has 0 radical (unpaired) electrons. The monoisotopic (exact) mass is 306 g/mol. The fourth-order valence-electron chi connectivity index (χ4n) is 2.51. The van der Waals surface area contributed by atoms with Gasteiger partial charge in [0, 0.05) is 31.0 Å². The number of hydrogen-bond acceptors (Lipinski definition) is 3. The van der Waals surface area contributed by atoms with Crippen molar-refractivity contribution in [2.24, 2.45) is 7.05 Å². The molecule has 1 atom stereocenters. The largest absolute Gasteiger partial charge is 0.310 e. The minimum Gasteiger partial charge on any atom is -0.310 e. The van der Waals surface area contributed by atoms with Crippen molar-refractivity contribution in [3.8, 4) is 0 Å². The Kier molecular flexibility index (Phi) is 5.37. The topological polar surface area (TPSA) is 42.7 Å². The van der Waals surface area contributed by atoms with E-state index in [0.717, 1.165) is 35.8 Å². The van der Waals surface area contributed by atoms with Crippen molar-refractivity contribution in [2.75, 3.05) is 6.54 Å². The second kappa shape index (κ2) is 7.05. The smallest absolute Gasteiger partial charge is 0.130 e. The second-order valence-corrected chi connectivity index (χ2v) is 5.84. The lowest BCUT2D eigenvalue weighted by Gasteiger charge is -2.19. The molecular weight excluding hydrogens is 284 g/mol. The highest BCUT2D eigenvalue weighted by atomic mass is 35.5. The Hall–Kier alpha value is -1.39. The van der Waals surface area contributed by atoms with E-state index in [2.05, 4.69) is 35.3 Å². The third-order valence-corrected chi connectivity index (χ3v) is 4.09. The van der Waals surface area contributed by atoms with Gasteiger partial charge in [0.2, 0.25) is 0 Å². The number of aryl methyl sites for hydroxylation is 3. The van der Waals surface area contributed by atoms with Gasteiger partial charge in [0.25, 0.3) is 0 Å². The number of aromatic nitrogens is 3. The van der Waals surface area contributed by atoms with E-state index in [0.29, 0.717) is 0 Å². The maximum atomic E-state index is 6.37. The summed E-state index contributed by atoms with van der Waals surface area (Å²) in [6.45, 7) is 7.21. The predicted octanol–water partition coefficient (Wildman–Crippen LogP) is 3.37. The summed E-state index contributed by atoms with van der Waals surface area (Å²) >= 11 is 6.37. The van der Waals surface area contributed by atoms with Crippen LogP contribution in [0.2, 0.25) is 5.15 Å². The van der Waals surface area contributed by atoms with Gasteiger partial charge in [0.15, 0.2) is 0 Å². The molecule has 0 aliphatic heterocycles. The van der Waals surface area contributed by atoms with Gasteiger partial charge in [0.05, 0.1) is 5.69 Å². The highest BCUT2D eigenvalue weighted by Crippen LogP contribution is 2.26. The van der Waals surface area contributed by atoms with Crippen molar-refractivity contribution in [3.63, 3.8) is 0 Å². The summed E-state index contributed by atoms with van der Waals surface area (Å²) in [7, 11) is 1.88. The quantitative estimate of drug-likeness (QED) is 0.890. The highest BCUT2D eigenvalue weighted by Gasteiger charge is 2.18. The zero-order chi connectivity index (χ0) is 15.4. The molecule has 0 bridgehead atoms. The molecule has 0 fully saturated rings. The number of nitrogens with zero attached hydrogens (tertiary/aromatic N) is 3. The molecule has 5 heteroatoms. The minimum atomic E-state index is 0.206. The Bertz CT molecular complexity index is 606. The van der Waals surface area contributed by atoms with Crippen LogP contribution in [0.15, 0.2) is 18.5 Å². The van der Waals surface area contributed by atoms with E-state index in [4.69, 9.17) is 11.6 Å². The van der Waals surface area contributed by atoms with Crippen LogP contribution in [0.25, 0.3) is 0 Å². The summed E-state index contributed by atoms with van der Waals surface area (Å²) in [5.74, 6) is 0. The van der Waals surface area contributed by atoms with Crippen LogP contribution in [0.3, 0.4) is 0 Å². The number of nitrogens with one attached hydrogen (secondary N) is 1. The molecule has 2 aromatic rings. The standard InChI is InChI=1S/C16H23ClN4/c1-5-6-19-15(13-7-11(2)9-18-10-13)8-14-12(3)20-21(4)16(14)17/h7,9-10,15,19H,5-6,8H2,1-4H3. The van der Waals surface area contributed by atoms with Gasteiger partial charge in [-0.05, 0) is 44.4 Å². The zero-order valence-corrected chi connectivity index (χ0v) is 13.9. The van der Waals surface area contributed by atoms with E-state index in [-0.39, 0.29) is 6.04 Å². The Labute approximate surface area is 131 Å². The van der Waals surface area contributed by atoms with Crippen LogP contribution < -0.4 is 5.32 Å². The van der Waals surface area contributed by atoms with Crippen molar-refractivity contribution in [1.29, 1.82) is 0 Å². The molecule has 21 heavy (non-hydrogen) atoms. The summed E-state index contributed by atoms with van der Waals surface area (Å²) in [6.07, 6.45) is 5.72. The van der Waals surface area contributed by atoms with Crippen LogP contribution in [-0.2, 0) is 13.5 Å². The molecule has 0 aliphatic rings. The first kappa shape index (κ1) is 16.0. The van der Waals surface area contributed by atoms with Crippen LogP contribution in [0.1, 0.15) is 41.8 Å². The average Bonchev–Trinajstić information content (AvgIpc) is 2.69. The first-order valence-electron chi connectivity index (χ1n) is 7.35.